The number of ether oxygens (including phenoxy) is 3. The van der Waals surface area contributed by atoms with Gasteiger partial charge in [0.1, 0.15) is 13.2 Å². The van der Waals surface area contributed by atoms with Gasteiger partial charge in [-0.1, -0.05) is 301 Å². The van der Waals surface area contributed by atoms with E-state index >= 15 is 0 Å². The van der Waals surface area contributed by atoms with E-state index in [1.54, 1.807) is 0 Å². The Morgan fingerprint density at radius 2 is 0.507 bits per heavy atom. The molecule has 0 aromatic heterocycles. The SMILES string of the molecule is CCCCCCC/C=C\C/C=C\C/C=C\CCCCCCCCCCCCCCCCCCC(=O)OCC(COC(=O)CCCCCCCCCCC)OC(=O)CCCCCCCCCCCCCCC. The van der Waals surface area contributed by atoms with E-state index in [0.717, 1.165) is 70.6 Å². The predicted octanol–water partition coefficient (Wildman–Crippen LogP) is 21.2. The van der Waals surface area contributed by atoms with Crippen LogP contribution in [0.3, 0.4) is 0 Å². The first-order valence-electron chi connectivity index (χ1n) is 31.5. The van der Waals surface area contributed by atoms with E-state index in [1.807, 2.05) is 0 Å². The molecular formula is C65H120O6. The zero-order valence-corrected chi connectivity index (χ0v) is 47.8. The molecule has 0 aliphatic rings. The minimum Gasteiger partial charge on any atom is -0.462 e. The summed E-state index contributed by atoms with van der Waals surface area (Å²) in [5, 5.41) is 0. The summed E-state index contributed by atoms with van der Waals surface area (Å²) in [6.45, 7) is 6.65. The maximum absolute atomic E-state index is 12.8. The van der Waals surface area contributed by atoms with Crippen molar-refractivity contribution in [3.63, 3.8) is 0 Å². The molecule has 0 heterocycles. The van der Waals surface area contributed by atoms with E-state index in [1.165, 1.54) is 231 Å². The molecule has 1 unspecified atom stereocenters. The first-order chi connectivity index (χ1) is 35.0. The second-order valence-corrected chi connectivity index (χ2v) is 21.3. The van der Waals surface area contributed by atoms with Crippen LogP contribution in [0.25, 0.3) is 0 Å². The van der Waals surface area contributed by atoms with Crippen molar-refractivity contribution < 1.29 is 28.6 Å². The Bertz CT molecular complexity index is 1190. The summed E-state index contributed by atoms with van der Waals surface area (Å²) in [6, 6.07) is 0. The molecule has 0 rings (SSSR count). The van der Waals surface area contributed by atoms with Crippen LogP contribution in [0.2, 0.25) is 0 Å². The Balaban J connectivity index is 4.04. The number of unbranched alkanes of at least 4 members (excludes halogenated alkanes) is 41. The Kier molecular flexibility index (Phi) is 58.2. The Morgan fingerprint density at radius 3 is 0.789 bits per heavy atom. The maximum Gasteiger partial charge on any atom is 0.306 e. The Hall–Kier alpha value is -2.37. The second kappa shape index (κ2) is 60.2. The lowest BCUT2D eigenvalue weighted by molar-refractivity contribution is -0.167. The van der Waals surface area contributed by atoms with E-state index in [9.17, 15) is 14.4 Å². The van der Waals surface area contributed by atoms with E-state index < -0.39 is 6.10 Å². The molecule has 0 bridgehead atoms. The number of carbonyl (C=O) groups is 3. The van der Waals surface area contributed by atoms with Gasteiger partial charge >= 0.3 is 17.9 Å². The number of hydrogen-bond donors (Lipinski definition) is 0. The van der Waals surface area contributed by atoms with E-state index in [2.05, 4.69) is 57.2 Å². The summed E-state index contributed by atoms with van der Waals surface area (Å²) in [6.07, 6.45) is 73.1. The summed E-state index contributed by atoms with van der Waals surface area (Å²) >= 11 is 0. The van der Waals surface area contributed by atoms with Crippen molar-refractivity contribution >= 4 is 17.9 Å². The number of hydrogen-bond acceptors (Lipinski definition) is 6. The van der Waals surface area contributed by atoms with Crippen LogP contribution in [0.5, 0.6) is 0 Å². The van der Waals surface area contributed by atoms with Crippen molar-refractivity contribution in [3.05, 3.63) is 36.5 Å². The van der Waals surface area contributed by atoms with Gasteiger partial charge in [0, 0.05) is 19.3 Å². The molecule has 71 heavy (non-hydrogen) atoms. The van der Waals surface area contributed by atoms with Gasteiger partial charge in [-0.05, 0) is 57.8 Å². The van der Waals surface area contributed by atoms with Crippen molar-refractivity contribution in [3.8, 4) is 0 Å². The fourth-order valence-electron chi connectivity index (χ4n) is 9.39. The molecule has 0 saturated heterocycles. The zero-order valence-electron chi connectivity index (χ0n) is 47.8. The van der Waals surface area contributed by atoms with Crippen LogP contribution < -0.4 is 0 Å². The van der Waals surface area contributed by atoms with Crippen LogP contribution in [0.1, 0.15) is 342 Å². The zero-order chi connectivity index (χ0) is 51.4. The van der Waals surface area contributed by atoms with Crippen LogP contribution in [0, 0.1) is 0 Å². The highest BCUT2D eigenvalue weighted by molar-refractivity contribution is 5.71. The molecule has 0 saturated carbocycles. The van der Waals surface area contributed by atoms with Crippen LogP contribution >= 0.6 is 0 Å². The highest BCUT2D eigenvalue weighted by Crippen LogP contribution is 2.17. The Labute approximate surface area is 442 Å². The molecule has 0 aliphatic heterocycles. The minimum atomic E-state index is -0.765. The van der Waals surface area contributed by atoms with Crippen molar-refractivity contribution in [2.45, 2.75) is 348 Å². The third kappa shape index (κ3) is 58.4. The predicted molar refractivity (Wildman–Crippen MR) is 307 cm³/mol. The molecule has 0 fully saturated rings. The van der Waals surface area contributed by atoms with Gasteiger partial charge in [-0.3, -0.25) is 14.4 Å². The summed E-state index contributed by atoms with van der Waals surface area (Å²) in [7, 11) is 0. The molecule has 6 heteroatoms. The van der Waals surface area contributed by atoms with Crippen LogP contribution in [-0.2, 0) is 28.6 Å². The van der Waals surface area contributed by atoms with Crippen LogP contribution in [0.15, 0.2) is 36.5 Å². The Morgan fingerprint density at radius 1 is 0.282 bits per heavy atom. The molecule has 0 aliphatic carbocycles. The van der Waals surface area contributed by atoms with Crippen LogP contribution in [0.4, 0.5) is 0 Å². The van der Waals surface area contributed by atoms with Crippen LogP contribution in [-0.4, -0.2) is 37.2 Å². The van der Waals surface area contributed by atoms with Gasteiger partial charge in [0.25, 0.3) is 0 Å². The van der Waals surface area contributed by atoms with Gasteiger partial charge in [0.15, 0.2) is 6.10 Å². The molecular weight excluding hydrogens is 877 g/mol. The monoisotopic (exact) mass is 997 g/mol. The third-order valence-electron chi connectivity index (χ3n) is 14.1. The summed E-state index contributed by atoms with van der Waals surface area (Å²) in [5.74, 6) is -0.849. The lowest BCUT2D eigenvalue weighted by atomic mass is 10.0. The van der Waals surface area contributed by atoms with Crippen molar-refractivity contribution in [1.29, 1.82) is 0 Å². The fraction of sp³-hybridized carbons (Fsp3) is 0.862. The molecule has 6 nitrogen and oxygen atoms in total. The minimum absolute atomic E-state index is 0.0660. The van der Waals surface area contributed by atoms with Gasteiger partial charge in [-0.25, -0.2) is 0 Å². The number of esters is 3. The molecule has 1 atom stereocenters. The normalized spacial score (nSPS) is 12.2. The quantitative estimate of drug-likeness (QED) is 0.0261. The summed E-state index contributed by atoms with van der Waals surface area (Å²) < 4.78 is 16.8. The van der Waals surface area contributed by atoms with Gasteiger partial charge in [-0.2, -0.15) is 0 Å². The third-order valence-corrected chi connectivity index (χ3v) is 14.1. The molecule has 0 amide bonds. The molecule has 0 aromatic rings. The fourth-order valence-corrected chi connectivity index (χ4v) is 9.39. The number of carbonyl (C=O) groups excluding carboxylic acids is 3. The lowest BCUT2D eigenvalue weighted by Gasteiger charge is -2.18. The molecule has 416 valence electrons. The van der Waals surface area contributed by atoms with Gasteiger partial charge in [-0.15, -0.1) is 0 Å². The molecule has 0 spiro atoms. The van der Waals surface area contributed by atoms with E-state index in [4.69, 9.17) is 14.2 Å². The largest absolute Gasteiger partial charge is 0.462 e. The highest BCUT2D eigenvalue weighted by atomic mass is 16.6. The van der Waals surface area contributed by atoms with Gasteiger partial charge in [0.2, 0.25) is 0 Å². The number of allylic oxidation sites excluding steroid dienone is 6. The summed E-state index contributed by atoms with van der Waals surface area (Å²) in [4.78, 5) is 38.0. The molecule has 0 radical (unpaired) electrons. The smallest absolute Gasteiger partial charge is 0.306 e. The average Bonchev–Trinajstić information content (AvgIpc) is 3.37. The standard InChI is InChI=1S/C65H120O6/c1-4-7-10-13-16-19-21-23-24-25-26-27-28-29-30-31-32-33-34-35-36-37-38-39-40-42-43-46-49-52-55-58-64(67)70-61-62(60-69-63(66)57-54-51-48-45-18-15-12-9-6-3)71-65(68)59-56-53-50-47-44-41-22-20-17-14-11-8-5-2/h21,23,25-26,28-29,62H,4-20,22,24,27,30-61H2,1-3H3/b23-21-,26-25-,29-28-. The second-order valence-electron chi connectivity index (χ2n) is 21.3. The average molecular weight is 998 g/mol. The first kappa shape index (κ1) is 68.6. The van der Waals surface area contributed by atoms with Crippen molar-refractivity contribution in [2.24, 2.45) is 0 Å². The number of rotatable bonds is 58. The van der Waals surface area contributed by atoms with E-state index in [0.29, 0.717) is 19.3 Å². The van der Waals surface area contributed by atoms with E-state index in [-0.39, 0.29) is 31.1 Å². The molecule has 0 aromatic carbocycles. The topological polar surface area (TPSA) is 78.9 Å². The highest BCUT2D eigenvalue weighted by Gasteiger charge is 2.19. The maximum atomic E-state index is 12.8. The van der Waals surface area contributed by atoms with Crippen molar-refractivity contribution in [2.75, 3.05) is 13.2 Å². The van der Waals surface area contributed by atoms with Crippen molar-refractivity contribution in [1.82, 2.24) is 0 Å². The van der Waals surface area contributed by atoms with Gasteiger partial charge in [0.05, 0.1) is 0 Å². The lowest BCUT2D eigenvalue weighted by Crippen LogP contribution is -2.30. The molecule has 0 N–H and O–H groups in total. The summed E-state index contributed by atoms with van der Waals surface area (Å²) in [5.41, 5.74) is 0. The van der Waals surface area contributed by atoms with Gasteiger partial charge < -0.3 is 14.2 Å². The first-order valence-corrected chi connectivity index (χ1v) is 31.5.